The SMILES string of the molecule is COc1ccc(OC)c([C@@H]2CCCN2C(=O)[C@@H]2CCCN(C(=O)Nc3ccccc3)C2)c1. The number of ether oxygens (including phenoxy) is 2. The average Bonchev–Trinajstić information content (AvgIpc) is 3.33. The molecule has 32 heavy (non-hydrogen) atoms. The summed E-state index contributed by atoms with van der Waals surface area (Å²) in [7, 11) is 3.29. The van der Waals surface area contributed by atoms with Crippen LogP contribution < -0.4 is 14.8 Å². The number of piperidine rings is 1. The van der Waals surface area contributed by atoms with Crippen LogP contribution in [0, 0.1) is 5.92 Å². The van der Waals surface area contributed by atoms with Crippen LogP contribution in [-0.2, 0) is 4.79 Å². The van der Waals surface area contributed by atoms with Gasteiger partial charge in [-0.1, -0.05) is 18.2 Å². The molecular weight excluding hydrogens is 406 g/mol. The van der Waals surface area contributed by atoms with E-state index in [1.807, 2.05) is 53.4 Å². The van der Waals surface area contributed by atoms with E-state index < -0.39 is 0 Å². The molecule has 0 radical (unpaired) electrons. The third kappa shape index (κ3) is 4.66. The van der Waals surface area contributed by atoms with Gasteiger partial charge in [0.2, 0.25) is 5.91 Å². The van der Waals surface area contributed by atoms with Crippen LogP contribution in [0.15, 0.2) is 48.5 Å². The highest BCUT2D eigenvalue weighted by Gasteiger charge is 2.37. The van der Waals surface area contributed by atoms with Crippen LogP contribution in [-0.4, -0.2) is 55.6 Å². The summed E-state index contributed by atoms with van der Waals surface area (Å²) in [6.45, 7) is 1.82. The van der Waals surface area contributed by atoms with Gasteiger partial charge in [0.15, 0.2) is 0 Å². The lowest BCUT2D eigenvalue weighted by Gasteiger charge is -2.36. The number of hydrogen-bond donors (Lipinski definition) is 1. The molecule has 7 heteroatoms. The molecule has 0 unspecified atom stereocenters. The van der Waals surface area contributed by atoms with Gasteiger partial charge in [0.05, 0.1) is 26.2 Å². The molecule has 0 bridgehead atoms. The number of carbonyl (C=O) groups excluding carboxylic acids is 2. The first-order valence-electron chi connectivity index (χ1n) is 11.2. The lowest BCUT2D eigenvalue weighted by atomic mass is 9.95. The lowest BCUT2D eigenvalue weighted by Crippen LogP contribution is -2.47. The summed E-state index contributed by atoms with van der Waals surface area (Å²) in [5, 5.41) is 2.93. The molecule has 7 nitrogen and oxygen atoms in total. The Morgan fingerprint density at radius 2 is 1.75 bits per heavy atom. The number of nitrogens with zero attached hydrogens (tertiary/aromatic N) is 2. The summed E-state index contributed by atoms with van der Waals surface area (Å²) in [5.41, 5.74) is 1.74. The van der Waals surface area contributed by atoms with E-state index in [-0.39, 0.29) is 23.9 Å². The van der Waals surface area contributed by atoms with Crippen LogP contribution in [0.4, 0.5) is 10.5 Å². The largest absolute Gasteiger partial charge is 0.497 e. The molecule has 0 aliphatic carbocycles. The third-order valence-corrected chi connectivity index (χ3v) is 6.41. The van der Waals surface area contributed by atoms with Crippen LogP contribution in [0.25, 0.3) is 0 Å². The van der Waals surface area contributed by atoms with Crippen molar-refractivity contribution in [3.8, 4) is 11.5 Å². The highest BCUT2D eigenvalue weighted by Crippen LogP contribution is 2.40. The highest BCUT2D eigenvalue weighted by atomic mass is 16.5. The zero-order valence-electron chi connectivity index (χ0n) is 18.8. The Morgan fingerprint density at radius 3 is 2.50 bits per heavy atom. The smallest absolute Gasteiger partial charge is 0.321 e. The second kappa shape index (κ2) is 9.94. The number of benzene rings is 2. The second-order valence-electron chi connectivity index (χ2n) is 8.38. The minimum atomic E-state index is -0.192. The standard InChI is InChI=1S/C25H31N3O4/c1-31-20-12-13-23(32-2)21(16-20)22-11-7-15-28(22)24(29)18-8-6-14-27(17-18)25(30)26-19-9-4-3-5-10-19/h3-5,9-10,12-13,16,18,22H,6-8,11,14-15,17H2,1-2H3,(H,26,30)/t18-,22+/m1/s1. The van der Waals surface area contributed by atoms with Gasteiger partial charge in [-0.2, -0.15) is 0 Å². The van der Waals surface area contributed by atoms with Crippen molar-refractivity contribution in [2.75, 3.05) is 39.2 Å². The molecule has 2 saturated heterocycles. The number of carbonyl (C=O) groups is 2. The first-order valence-corrected chi connectivity index (χ1v) is 11.2. The van der Waals surface area contributed by atoms with E-state index in [1.54, 1.807) is 19.1 Å². The van der Waals surface area contributed by atoms with Crippen molar-refractivity contribution in [3.05, 3.63) is 54.1 Å². The van der Waals surface area contributed by atoms with Gasteiger partial charge < -0.3 is 24.6 Å². The van der Waals surface area contributed by atoms with Gasteiger partial charge in [-0.25, -0.2) is 4.79 Å². The maximum absolute atomic E-state index is 13.6. The molecule has 2 aromatic rings. The molecule has 1 N–H and O–H groups in total. The fraction of sp³-hybridized carbons (Fsp3) is 0.440. The number of para-hydroxylation sites is 1. The van der Waals surface area contributed by atoms with E-state index in [4.69, 9.17) is 9.47 Å². The van der Waals surface area contributed by atoms with Crippen molar-refractivity contribution in [3.63, 3.8) is 0 Å². The van der Waals surface area contributed by atoms with E-state index in [1.165, 1.54) is 0 Å². The first kappa shape index (κ1) is 22.0. The number of amides is 3. The zero-order chi connectivity index (χ0) is 22.5. The molecule has 0 aromatic heterocycles. The van der Waals surface area contributed by atoms with Crippen molar-refractivity contribution < 1.29 is 19.1 Å². The van der Waals surface area contributed by atoms with E-state index in [0.29, 0.717) is 13.1 Å². The molecule has 2 aromatic carbocycles. The topological polar surface area (TPSA) is 71.1 Å². The Balaban J connectivity index is 1.47. The van der Waals surface area contributed by atoms with Crippen LogP contribution in [0.1, 0.15) is 37.3 Å². The van der Waals surface area contributed by atoms with Gasteiger partial charge in [-0.05, 0) is 56.0 Å². The van der Waals surface area contributed by atoms with Gasteiger partial charge in [-0.15, -0.1) is 0 Å². The normalized spacial score (nSPS) is 20.7. The molecule has 170 valence electrons. The summed E-state index contributed by atoms with van der Waals surface area (Å²) >= 11 is 0. The van der Waals surface area contributed by atoms with E-state index >= 15 is 0 Å². The third-order valence-electron chi connectivity index (χ3n) is 6.41. The summed E-state index contributed by atoms with van der Waals surface area (Å²) in [6, 6.07) is 14.9. The molecule has 2 heterocycles. The van der Waals surface area contributed by atoms with Gasteiger partial charge in [0, 0.05) is 30.9 Å². The lowest BCUT2D eigenvalue weighted by molar-refractivity contribution is -0.137. The van der Waals surface area contributed by atoms with Crippen molar-refractivity contribution in [2.24, 2.45) is 5.92 Å². The van der Waals surface area contributed by atoms with Crippen molar-refractivity contribution in [2.45, 2.75) is 31.7 Å². The Hall–Kier alpha value is -3.22. The monoisotopic (exact) mass is 437 g/mol. The Morgan fingerprint density at radius 1 is 0.969 bits per heavy atom. The minimum Gasteiger partial charge on any atom is -0.497 e. The van der Waals surface area contributed by atoms with E-state index in [2.05, 4.69) is 5.32 Å². The van der Waals surface area contributed by atoms with E-state index in [9.17, 15) is 9.59 Å². The molecule has 3 amide bonds. The maximum Gasteiger partial charge on any atom is 0.321 e. The molecule has 2 atom stereocenters. The summed E-state index contributed by atoms with van der Waals surface area (Å²) < 4.78 is 11.0. The van der Waals surface area contributed by atoms with Crippen LogP contribution in [0.2, 0.25) is 0 Å². The van der Waals surface area contributed by atoms with Crippen molar-refractivity contribution >= 4 is 17.6 Å². The predicted molar refractivity (Wildman–Crippen MR) is 123 cm³/mol. The summed E-state index contributed by atoms with van der Waals surface area (Å²) in [6.07, 6.45) is 3.45. The summed E-state index contributed by atoms with van der Waals surface area (Å²) in [4.78, 5) is 30.0. The van der Waals surface area contributed by atoms with Crippen LogP contribution >= 0.6 is 0 Å². The van der Waals surface area contributed by atoms with Crippen LogP contribution in [0.3, 0.4) is 0 Å². The number of methoxy groups -OCH3 is 2. The van der Waals surface area contributed by atoms with Gasteiger partial charge in [0.25, 0.3) is 0 Å². The van der Waals surface area contributed by atoms with Gasteiger partial charge in [0.1, 0.15) is 11.5 Å². The Kier molecular flexibility index (Phi) is 6.83. The average molecular weight is 438 g/mol. The fourth-order valence-corrected chi connectivity index (χ4v) is 4.78. The zero-order valence-corrected chi connectivity index (χ0v) is 18.8. The highest BCUT2D eigenvalue weighted by molar-refractivity contribution is 5.90. The number of hydrogen-bond acceptors (Lipinski definition) is 4. The number of anilines is 1. The number of rotatable bonds is 5. The molecule has 2 fully saturated rings. The van der Waals surface area contributed by atoms with Gasteiger partial charge >= 0.3 is 6.03 Å². The van der Waals surface area contributed by atoms with Crippen molar-refractivity contribution in [1.29, 1.82) is 0 Å². The summed E-state index contributed by atoms with van der Waals surface area (Å²) in [5.74, 6) is 1.45. The van der Waals surface area contributed by atoms with Crippen molar-refractivity contribution in [1.82, 2.24) is 9.80 Å². The number of nitrogens with one attached hydrogen (secondary N) is 1. The quantitative estimate of drug-likeness (QED) is 0.757. The molecule has 2 aliphatic heterocycles. The predicted octanol–water partition coefficient (Wildman–Crippen LogP) is 4.31. The minimum absolute atomic E-state index is 0.0407. The molecule has 2 aliphatic rings. The fourth-order valence-electron chi connectivity index (χ4n) is 4.78. The molecule has 0 spiro atoms. The second-order valence-corrected chi connectivity index (χ2v) is 8.38. The molecular formula is C25H31N3O4. The number of likely N-dealkylation sites (tertiary alicyclic amines) is 2. The van der Waals surface area contributed by atoms with E-state index in [0.717, 1.165) is 55.0 Å². The molecule has 0 saturated carbocycles. The molecule has 4 rings (SSSR count). The first-order chi connectivity index (χ1) is 15.6. The Bertz CT molecular complexity index is 949. The maximum atomic E-state index is 13.6. The van der Waals surface area contributed by atoms with Gasteiger partial charge in [-0.3, -0.25) is 4.79 Å². The number of urea groups is 1. The Labute approximate surface area is 189 Å². The van der Waals surface area contributed by atoms with Crippen LogP contribution in [0.5, 0.6) is 11.5 Å².